The fraction of sp³-hybridized carbons (Fsp3) is 0.682. The van der Waals surface area contributed by atoms with Crippen molar-refractivity contribution in [2.45, 2.75) is 25.4 Å². The Bertz CT molecular complexity index is 785. The van der Waals surface area contributed by atoms with Gasteiger partial charge < -0.3 is 24.3 Å². The highest BCUT2D eigenvalue weighted by Gasteiger charge is 2.48. The van der Waals surface area contributed by atoms with E-state index in [4.69, 9.17) is 4.74 Å². The monoisotopic (exact) mass is 415 g/mol. The van der Waals surface area contributed by atoms with Crippen LogP contribution in [0.2, 0.25) is 0 Å². The van der Waals surface area contributed by atoms with Crippen LogP contribution in [0, 0.1) is 5.41 Å². The molecule has 8 heteroatoms. The summed E-state index contributed by atoms with van der Waals surface area (Å²) in [6.45, 7) is 5.51. The van der Waals surface area contributed by atoms with Crippen molar-refractivity contribution in [3.05, 3.63) is 23.9 Å². The van der Waals surface area contributed by atoms with E-state index in [0.717, 1.165) is 64.3 Å². The number of likely N-dealkylation sites (tertiary alicyclic amines) is 1. The van der Waals surface area contributed by atoms with E-state index in [0.29, 0.717) is 12.1 Å². The molecule has 0 N–H and O–H groups in total. The summed E-state index contributed by atoms with van der Waals surface area (Å²) in [5.41, 5.74) is 0.356. The van der Waals surface area contributed by atoms with Gasteiger partial charge in [-0.1, -0.05) is 0 Å². The first kappa shape index (κ1) is 21.1. The molecule has 30 heavy (non-hydrogen) atoms. The number of aromatic nitrogens is 1. The van der Waals surface area contributed by atoms with Gasteiger partial charge in [-0.3, -0.25) is 9.59 Å². The zero-order chi connectivity index (χ0) is 21.3. The Balaban J connectivity index is 1.43. The topological polar surface area (TPSA) is 69.2 Å². The molecule has 3 aliphatic heterocycles. The minimum atomic E-state index is -0.336. The number of rotatable bonds is 3. The molecule has 8 nitrogen and oxygen atoms in total. The molecule has 4 rings (SSSR count). The summed E-state index contributed by atoms with van der Waals surface area (Å²) < 4.78 is 5.59. The molecule has 0 saturated carbocycles. The predicted octanol–water partition coefficient (Wildman–Crippen LogP) is 0.933. The summed E-state index contributed by atoms with van der Waals surface area (Å²) in [7, 11) is 5.68. The second-order valence-corrected chi connectivity index (χ2v) is 9.01. The fourth-order valence-electron chi connectivity index (χ4n) is 5.04. The zero-order valence-corrected chi connectivity index (χ0v) is 18.3. The number of pyridine rings is 1. The molecule has 3 aliphatic rings. The summed E-state index contributed by atoms with van der Waals surface area (Å²) in [4.78, 5) is 38.6. The van der Waals surface area contributed by atoms with Crippen LogP contribution in [0.5, 0.6) is 0 Å². The fourth-order valence-corrected chi connectivity index (χ4v) is 5.04. The lowest BCUT2D eigenvalue weighted by Gasteiger charge is -2.47. The van der Waals surface area contributed by atoms with Crippen molar-refractivity contribution in [3.8, 4) is 0 Å². The Labute approximate surface area is 178 Å². The number of piperidine rings is 2. The first-order valence-electron chi connectivity index (χ1n) is 10.9. The molecule has 1 aromatic heterocycles. The van der Waals surface area contributed by atoms with Crippen molar-refractivity contribution in [2.75, 3.05) is 71.9 Å². The number of piperazine rings is 1. The van der Waals surface area contributed by atoms with E-state index in [1.165, 1.54) is 0 Å². The van der Waals surface area contributed by atoms with E-state index in [1.54, 1.807) is 19.4 Å². The molecule has 0 bridgehead atoms. The van der Waals surface area contributed by atoms with E-state index in [-0.39, 0.29) is 23.3 Å². The third-order valence-corrected chi connectivity index (χ3v) is 7.06. The molecular formula is C22H33N5O3. The van der Waals surface area contributed by atoms with Crippen molar-refractivity contribution in [1.82, 2.24) is 19.7 Å². The van der Waals surface area contributed by atoms with E-state index < -0.39 is 0 Å². The highest BCUT2D eigenvalue weighted by molar-refractivity contribution is 5.95. The normalized spacial score (nSPS) is 25.1. The minimum absolute atomic E-state index is 0.0762. The molecule has 0 aliphatic carbocycles. The molecule has 1 unspecified atom stereocenters. The number of ether oxygens (including phenoxy) is 1. The molecule has 2 amide bonds. The maximum atomic E-state index is 12.9. The van der Waals surface area contributed by atoms with Gasteiger partial charge in [-0.25, -0.2) is 4.98 Å². The largest absolute Gasteiger partial charge is 0.380 e. The average molecular weight is 416 g/mol. The van der Waals surface area contributed by atoms with Gasteiger partial charge in [0.2, 0.25) is 5.91 Å². The Hall–Kier alpha value is -2.19. The summed E-state index contributed by atoms with van der Waals surface area (Å²) >= 11 is 0. The molecule has 1 atom stereocenters. The van der Waals surface area contributed by atoms with Gasteiger partial charge in [0, 0.05) is 71.7 Å². The summed E-state index contributed by atoms with van der Waals surface area (Å²) in [6, 6.07) is 3.71. The Kier molecular flexibility index (Phi) is 5.97. The van der Waals surface area contributed by atoms with Crippen LogP contribution in [0.1, 0.15) is 29.6 Å². The molecule has 4 heterocycles. The SMILES string of the molecule is COC1CN(C)C(=O)C2(CCN(c3cc(C(=O)N4CCN(C)CC4)ccn3)CC2)C1. The van der Waals surface area contributed by atoms with Gasteiger partial charge in [0.1, 0.15) is 5.82 Å². The van der Waals surface area contributed by atoms with Crippen molar-refractivity contribution in [1.29, 1.82) is 0 Å². The van der Waals surface area contributed by atoms with E-state index >= 15 is 0 Å². The van der Waals surface area contributed by atoms with Gasteiger partial charge in [0.25, 0.3) is 5.91 Å². The highest BCUT2D eigenvalue weighted by atomic mass is 16.5. The Morgan fingerprint density at radius 1 is 1.13 bits per heavy atom. The lowest BCUT2D eigenvalue weighted by molar-refractivity contribution is -0.153. The number of amides is 2. The number of carbonyl (C=O) groups excluding carboxylic acids is 2. The third kappa shape index (κ3) is 4.03. The number of anilines is 1. The van der Waals surface area contributed by atoms with E-state index in [9.17, 15) is 9.59 Å². The van der Waals surface area contributed by atoms with Crippen molar-refractivity contribution >= 4 is 17.6 Å². The van der Waals surface area contributed by atoms with Crippen LogP contribution in [0.15, 0.2) is 18.3 Å². The number of hydrogen-bond donors (Lipinski definition) is 0. The first-order valence-corrected chi connectivity index (χ1v) is 10.9. The average Bonchev–Trinajstić information content (AvgIpc) is 2.78. The van der Waals surface area contributed by atoms with Crippen LogP contribution in [0.4, 0.5) is 5.82 Å². The lowest BCUT2D eigenvalue weighted by Crippen LogP contribution is -2.56. The van der Waals surface area contributed by atoms with Crippen LogP contribution < -0.4 is 4.90 Å². The Morgan fingerprint density at radius 3 is 2.50 bits per heavy atom. The number of hydrogen-bond acceptors (Lipinski definition) is 6. The van der Waals surface area contributed by atoms with Gasteiger partial charge >= 0.3 is 0 Å². The summed E-state index contributed by atoms with van der Waals surface area (Å²) in [6.07, 6.45) is 4.18. The Morgan fingerprint density at radius 2 is 1.83 bits per heavy atom. The smallest absolute Gasteiger partial charge is 0.254 e. The van der Waals surface area contributed by atoms with Crippen LogP contribution in [0.3, 0.4) is 0 Å². The first-order chi connectivity index (χ1) is 14.4. The van der Waals surface area contributed by atoms with Gasteiger partial charge in [-0.2, -0.15) is 0 Å². The van der Waals surface area contributed by atoms with Gasteiger partial charge in [-0.15, -0.1) is 0 Å². The molecule has 1 spiro atoms. The van der Waals surface area contributed by atoms with E-state index in [1.807, 2.05) is 22.9 Å². The minimum Gasteiger partial charge on any atom is -0.380 e. The summed E-state index contributed by atoms with van der Waals surface area (Å²) in [5, 5.41) is 0. The van der Waals surface area contributed by atoms with Crippen molar-refractivity contribution in [3.63, 3.8) is 0 Å². The summed E-state index contributed by atoms with van der Waals surface area (Å²) in [5.74, 6) is 1.14. The standard InChI is InChI=1S/C22H33N5O3/c1-24-10-12-27(13-11-24)20(28)17-4-7-23-19(14-17)26-8-5-22(6-9-26)15-18(30-3)16-25(2)21(22)29/h4,7,14,18H,5-6,8-13,15-16H2,1-3H3. The maximum Gasteiger partial charge on any atom is 0.254 e. The third-order valence-electron chi connectivity index (χ3n) is 7.06. The molecular weight excluding hydrogens is 382 g/mol. The number of nitrogens with zero attached hydrogens (tertiary/aromatic N) is 5. The number of carbonyl (C=O) groups is 2. The number of methoxy groups -OCH3 is 1. The van der Waals surface area contributed by atoms with Gasteiger partial charge in [0.05, 0.1) is 11.5 Å². The van der Waals surface area contributed by atoms with Crippen LogP contribution in [0.25, 0.3) is 0 Å². The van der Waals surface area contributed by atoms with Gasteiger partial charge in [0.15, 0.2) is 0 Å². The number of likely N-dealkylation sites (N-methyl/N-ethyl adjacent to an activating group) is 2. The second-order valence-electron chi connectivity index (χ2n) is 9.01. The maximum absolute atomic E-state index is 12.9. The van der Waals surface area contributed by atoms with Crippen LogP contribution in [-0.4, -0.2) is 105 Å². The molecule has 1 aromatic rings. The molecule has 3 saturated heterocycles. The molecule has 3 fully saturated rings. The zero-order valence-electron chi connectivity index (χ0n) is 18.3. The predicted molar refractivity (Wildman–Crippen MR) is 115 cm³/mol. The quantitative estimate of drug-likeness (QED) is 0.732. The van der Waals surface area contributed by atoms with Gasteiger partial charge in [-0.05, 0) is 38.4 Å². The van der Waals surface area contributed by atoms with E-state index in [2.05, 4.69) is 21.8 Å². The second kappa shape index (κ2) is 8.51. The molecule has 0 radical (unpaired) electrons. The molecule has 164 valence electrons. The van der Waals surface area contributed by atoms with Crippen LogP contribution in [-0.2, 0) is 9.53 Å². The lowest BCUT2D eigenvalue weighted by atomic mass is 9.71. The van der Waals surface area contributed by atoms with Crippen molar-refractivity contribution < 1.29 is 14.3 Å². The highest BCUT2D eigenvalue weighted by Crippen LogP contribution is 2.42. The van der Waals surface area contributed by atoms with Crippen LogP contribution >= 0.6 is 0 Å². The molecule has 0 aromatic carbocycles. The van der Waals surface area contributed by atoms with Crippen molar-refractivity contribution in [2.24, 2.45) is 5.41 Å².